The number of thioether (sulfide) groups is 1. The lowest BCUT2D eigenvalue weighted by molar-refractivity contribution is -0.139. The minimum Gasteiger partial charge on any atom is -0.481 e. The largest absolute Gasteiger partial charge is 0.481 e. The van der Waals surface area contributed by atoms with Crippen molar-refractivity contribution in [1.29, 1.82) is 0 Å². The molecular weight excluding hydrogens is 342 g/mol. The van der Waals surface area contributed by atoms with Gasteiger partial charge in [-0.05, 0) is 12.1 Å². The molecule has 2 aliphatic rings. The van der Waals surface area contributed by atoms with Gasteiger partial charge in [0, 0.05) is 30.9 Å². The minimum atomic E-state index is -0.919. The molecule has 0 aliphatic carbocycles. The van der Waals surface area contributed by atoms with E-state index in [-0.39, 0.29) is 37.1 Å². The average molecular weight is 361 g/mol. The SMILES string of the molecule is O=C(O)CC1CSCCN1C(=O)C1=NN(c2ccccc2)C(=O)CC1. The maximum Gasteiger partial charge on any atom is 0.305 e. The summed E-state index contributed by atoms with van der Waals surface area (Å²) in [5.74, 6) is 0.0410. The molecule has 1 N–H and O–H groups in total. The maximum atomic E-state index is 12.9. The van der Waals surface area contributed by atoms with E-state index in [4.69, 9.17) is 5.11 Å². The molecule has 1 atom stereocenters. The van der Waals surface area contributed by atoms with Crippen LogP contribution in [0.1, 0.15) is 19.3 Å². The second-order valence-electron chi connectivity index (χ2n) is 5.91. The Balaban J connectivity index is 1.82. The lowest BCUT2D eigenvalue weighted by Gasteiger charge is -2.35. The van der Waals surface area contributed by atoms with Gasteiger partial charge < -0.3 is 10.0 Å². The lowest BCUT2D eigenvalue weighted by atomic mass is 10.1. The summed E-state index contributed by atoms with van der Waals surface area (Å²) in [6, 6.07) is 8.64. The Morgan fingerprint density at radius 2 is 2.00 bits per heavy atom. The number of hydrogen-bond acceptors (Lipinski definition) is 5. The summed E-state index contributed by atoms with van der Waals surface area (Å²) in [6.07, 6.45) is 0.420. The minimum absolute atomic E-state index is 0.0760. The van der Waals surface area contributed by atoms with Crippen molar-refractivity contribution in [3.05, 3.63) is 30.3 Å². The topological polar surface area (TPSA) is 90.3 Å². The van der Waals surface area contributed by atoms with E-state index < -0.39 is 5.97 Å². The van der Waals surface area contributed by atoms with Gasteiger partial charge in [-0.25, -0.2) is 5.01 Å². The number of carbonyl (C=O) groups is 3. The molecule has 0 radical (unpaired) electrons. The first-order chi connectivity index (χ1) is 12.1. The van der Waals surface area contributed by atoms with Crippen molar-refractivity contribution < 1.29 is 19.5 Å². The summed E-state index contributed by atoms with van der Waals surface area (Å²) >= 11 is 1.65. The molecule has 1 fully saturated rings. The smallest absolute Gasteiger partial charge is 0.305 e. The number of nitrogens with zero attached hydrogens (tertiary/aromatic N) is 3. The van der Waals surface area contributed by atoms with Gasteiger partial charge in [0.05, 0.1) is 18.2 Å². The highest BCUT2D eigenvalue weighted by Crippen LogP contribution is 2.23. The van der Waals surface area contributed by atoms with Gasteiger partial charge in [0.15, 0.2) is 0 Å². The van der Waals surface area contributed by atoms with Gasteiger partial charge in [-0.3, -0.25) is 14.4 Å². The molecule has 2 amide bonds. The molecule has 3 rings (SSSR count). The number of benzene rings is 1. The zero-order chi connectivity index (χ0) is 17.8. The van der Waals surface area contributed by atoms with E-state index in [0.717, 1.165) is 5.75 Å². The molecule has 1 aromatic rings. The van der Waals surface area contributed by atoms with Crippen molar-refractivity contribution in [2.45, 2.75) is 25.3 Å². The van der Waals surface area contributed by atoms with Crippen molar-refractivity contribution in [2.24, 2.45) is 5.10 Å². The standard InChI is InChI=1S/C17H19N3O4S/c21-15-7-6-14(18-20(15)12-4-2-1-3-5-12)17(24)19-8-9-25-11-13(19)10-16(22)23/h1-5,13H,6-11H2,(H,22,23). The van der Waals surface area contributed by atoms with Gasteiger partial charge in [-0.2, -0.15) is 16.9 Å². The summed E-state index contributed by atoms with van der Waals surface area (Å²) in [6.45, 7) is 0.500. The molecule has 1 saturated heterocycles. The van der Waals surface area contributed by atoms with E-state index in [1.54, 1.807) is 40.9 Å². The van der Waals surface area contributed by atoms with Crippen LogP contribution in [0, 0.1) is 0 Å². The molecule has 25 heavy (non-hydrogen) atoms. The maximum absolute atomic E-state index is 12.9. The molecule has 0 spiro atoms. The number of carboxylic acids is 1. The van der Waals surface area contributed by atoms with E-state index in [1.165, 1.54) is 5.01 Å². The Morgan fingerprint density at radius 3 is 2.72 bits per heavy atom. The first kappa shape index (κ1) is 17.5. The molecule has 1 unspecified atom stereocenters. The number of hydrogen-bond donors (Lipinski definition) is 1. The number of hydrazone groups is 1. The van der Waals surface area contributed by atoms with Crippen LogP contribution in [0.15, 0.2) is 35.4 Å². The van der Waals surface area contributed by atoms with Crippen molar-refractivity contribution in [3.63, 3.8) is 0 Å². The predicted octanol–water partition coefficient (Wildman–Crippen LogP) is 1.59. The van der Waals surface area contributed by atoms with Gasteiger partial charge >= 0.3 is 5.97 Å². The lowest BCUT2D eigenvalue weighted by Crippen LogP contribution is -2.51. The van der Waals surface area contributed by atoms with Crippen LogP contribution in [-0.4, -0.2) is 57.6 Å². The fraction of sp³-hybridized carbons (Fsp3) is 0.412. The fourth-order valence-corrected chi connectivity index (χ4v) is 4.00. The highest BCUT2D eigenvalue weighted by molar-refractivity contribution is 7.99. The van der Waals surface area contributed by atoms with Crippen LogP contribution in [0.3, 0.4) is 0 Å². The van der Waals surface area contributed by atoms with Crippen LogP contribution >= 0.6 is 11.8 Å². The quantitative estimate of drug-likeness (QED) is 0.879. The van der Waals surface area contributed by atoms with Crippen LogP contribution in [0.5, 0.6) is 0 Å². The third-order valence-corrected chi connectivity index (χ3v) is 5.27. The Hall–Kier alpha value is -2.35. The third-order valence-electron chi connectivity index (χ3n) is 4.18. The molecule has 8 heteroatoms. The van der Waals surface area contributed by atoms with Gasteiger partial charge in [0.25, 0.3) is 5.91 Å². The van der Waals surface area contributed by atoms with E-state index in [9.17, 15) is 14.4 Å². The second-order valence-corrected chi connectivity index (χ2v) is 7.06. The van der Waals surface area contributed by atoms with Crippen LogP contribution in [-0.2, 0) is 14.4 Å². The summed E-state index contributed by atoms with van der Waals surface area (Å²) in [4.78, 5) is 37.7. The summed E-state index contributed by atoms with van der Waals surface area (Å²) in [7, 11) is 0. The van der Waals surface area contributed by atoms with Crippen molar-refractivity contribution in [3.8, 4) is 0 Å². The molecule has 0 bridgehead atoms. The average Bonchev–Trinajstić information content (AvgIpc) is 2.62. The van der Waals surface area contributed by atoms with Gasteiger partial charge in [0.2, 0.25) is 5.91 Å². The second kappa shape index (κ2) is 7.69. The number of carbonyl (C=O) groups excluding carboxylic acids is 2. The van der Waals surface area contributed by atoms with Crippen molar-refractivity contribution in [1.82, 2.24) is 4.90 Å². The number of anilines is 1. The Morgan fingerprint density at radius 1 is 1.24 bits per heavy atom. The number of rotatable bonds is 4. The molecule has 1 aromatic carbocycles. The van der Waals surface area contributed by atoms with Crippen LogP contribution < -0.4 is 5.01 Å². The van der Waals surface area contributed by atoms with Gasteiger partial charge in [-0.15, -0.1) is 0 Å². The molecule has 132 valence electrons. The van der Waals surface area contributed by atoms with E-state index in [2.05, 4.69) is 5.10 Å². The molecule has 0 aromatic heterocycles. The fourth-order valence-electron chi connectivity index (χ4n) is 2.94. The van der Waals surface area contributed by atoms with Gasteiger partial charge in [0.1, 0.15) is 5.71 Å². The number of carboxylic acid groups (broad SMARTS) is 1. The van der Waals surface area contributed by atoms with Crippen molar-refractivity contribution >= 4 is 40.9 Å². The van der Waals surface area contributed by atoms with Crippen molar-refractivity contribution in [2.75, 3.05) is 23.1 Å². The first-order valence-corrected chi connectivity index (χ1v) is 9.27. The van der Waals surface area contributed by atoms with Gasteiger partial charge in [-0.1, -0.05) is 18.2 Å². The number of amides is 2. The normalized spacial score (nSPS) is 21.0. The Kier molecular flexibility index (Phi) is 5.37. The highest BCUT2D eigenvalue weighted by atomic mass is 32.2. The Bertz CT molecular complexity index is 707. The zero-order valence-corrected chi connectivity index (χ0v) is 14.4. The van der Waals surface area contributed by atoms with E-state index in [0.29, 0.717) is 23.7 Å². The highest BCUT2D eigenvalue weighted by Gasteiger charge is 2.34. The van der Waals surface area contributed by atoms with Crippen LogP contribution in [0.4, 0.5) is 5.69 Å². The number of para-hydroxylation sites is 1. The monoisotopic (exact) mass is 361 g/mol. The summed E-state index contributed by atoms with van der Waals surface area (Å²) in [5, 5.41) is 14.6. The molecule has 0 saturated carbocycles. The van der Waals surface area contributed by atoms with Crippen LogP contribution in [0.2, 0.25) is 0 Å². The number of aliphatic carboxylic acids is 1. The zero-order valence-electron chi connectivity index (χ0n) is 13.6. The Labute approximate surface area is 149 Å². The third kappa shape index (κ3) is 4.01. The predicted molar refractivity (Wildman–Crippen MR) is 95.7 cm³/mol. The summed E-state index contributed by atoms with van der Waals surface area (Å²) < 4.78 is 0. The van der Waals surface area contributed by atoms with E-state index in [1.807, 2.05) is 6.07 Å². The molecular formula is C17H19N3O4S. The molecule has 2 heterocycles. The van der Waals surface area contributed by atoms with Crippen LogP contribution in [0.25, 0.3) is 0 Å². The van der Waals surface area contributed by atoms with E-state index >= 15 is 0 Å². The molecule has 2 aliphatic heterocycles. The first-order valence-electron chi connectivity index (χ1n) is 8.12. The molecule has 7 nitrogen and oxygen atoms in total. The summed E-state index contributed by atoms with van der Waals surface area (Å²) in [5.41, 5.74) is 0.930.